The molecule has 0 aliphatic heterocycles. The highest BCUT2D eigenvalue weighted by Crippen LogP contribution is 2.31. The Morgan fingerprint density at radius 2 is 2.18 bits per heavy atom. The minimum absolute atomic E-state index is 0.412. The molecule has 0 amide bonds. The van der Waals surface area contributed by atoms with Gasteiger partial charge in [-0.05, 0) is 23.9 Å². The summed E-state index contributed by atoms with van der Waals surface area (Å²) in [6.45, 7) is 1.97. The first kappa shape index (κ1) is 12.0. The lowest BCUT2D eigenvalue weighted by Crippen LogP contribution is -1.94. The van der Waals surface area contributed by atoms with Crippen LogP contribution in [-0.4, -0.2) is 0 Å². The second-order valence-electron chi connectivity index (χ2n) is 3.71. The average Bonchev–Trinajstić information content (AvgIpc) is 2.73. The third-order valence-electron chi connectivity index (χ3n) is 2.47. The summed E-state index contributed by atoms with van der Waals surface area (Å²) in [6, 6.07) is 8.02. The van der Waals surface area contributed by atoms with Gasteiger partial charge in [0, 0.05) is 10.9 Å². The highest BCUT2D eigenvalue weighted by atomic mass is 35.5. The van der Waals surface area contributed by atoms with E-state index in [0.717, 1.165) is 27.5 Å². The highest BCUT2D eigenvalue weighted by Gasteiger charge is 2.07. The number of anilines is 2. The number of aryl methyl sites for hydroxylation is 1. The molecule has 0 saturated carbocycles. The normalized spacial score (nSPS) is 9.94. The molecule has 2 nitrogen and oxygen atoms in total. The fourth-order valence-corrected chi connectivity index (χ4v) is 2.51. The number of benzene rings is 1. The predicted octanol–water partition coefficient (Wildman–Crippen LogP) is 4.52. The molecule has 1 heterocycles. The fourth-order valence-electron chi connectivity index (χ4n) is 1.54. The van der Waals surface area contributed by atoms with Crippen LogP contribution < -0.4 is 5.32 Å². The molecule has 17 heavy (non-hydrogen) atoms. The Kier molecular flexibility index (Phi) is 3.68. The Bertz CT molecular complexity index is 569. The van der Waals surface area contributed by atoms with Gasteiger partial charge < -0.3 is 5.32 Å². The van der Waals surface area contributed by atoms with Crippen LogP contribution in [0.1, 0.15) is 11.1 Å². The SMILES string of the molecule is Cc1cccc(Nc2cscc2CC#N)c1Cl. The van der Waals surface area contributed by atoms with Crippen LogP contribution in [0.2, 0.25) is 5.02 Å². The number of thiophene rings is 1. The van der Waals surface area contributed by atoms with E-state index >= 15 is 0 Å². The first-order chi connectivity index (χ1) is 8.22. The molecule has 86 valence electrons. The van der Waals surface area contributed by atoms with E-state index in [1.807, 2.05) is 35.9 Å². The van der Waals surface area contributed by atoms with Crippen molar-refractivity contribution in [2.45, 2.75) is 13.3 Å². The molecule has 0 spiro atoms. The lowest BCUT2D eigenvalue weighted by Gasteiger charge is -2.09. The molecule has 0 fully saturated rings. The number of nitriles is 1. The minimum Gasteiger partial charge on any atom is -0.353 e. The topological polar surface area (TPSA) is 35.8 Å². The molecule has 2 aromatic rings. The average molecular weight is 263 g/mol. The first-order valence-corrected chi connectivity index (χ1v) is 6.48. The molecule has 1 aromatic carbocycles. The summed E-state index contributed by atoms with van der Waals surface area (Å²) in [5.74, 6) is 0. The molecule has 0 radical (unpaired) electrons. The van der Waals surface area contributed by atoms with E-state index in [0.29, 0.717) is 6.42 Å². The van der Waals surface area contributed by atoms with Crippen molar-refractivity contribution in [3.05, 3.63) is 45.1 Å². The third kappa shape index (κ3) is 2.60. The zero-order valence-corrected chi connectivity index (χ0v) is 10.9. The van der Waals surface area contributed by atoms with Gasteiger partial charge in [0.2, 0.25) is 0 Å². The lowest BCUT2D eigenvalue weighted by atomic mass is 10.2. The van der Waals surface area contributed by atoms with E-state index in [2.05, 4.69) is 11.4 Å². The molecule has 1 N–H and O–H groups in total. The summed E-state index contributed by atoms with van der Waals surface area (Å²) in [7, 11) is 0. The van der Waals surface area contributed by atoms with E-state index in [9.17, 15) is 0 Å². The number of nitrogens with one attached hydrogen (secondary N) is 1. The van der Waals surface area contributed by atoms with Gasteiger partial charge in [0.25, 0.3) is 0 Å². The van der Waals surface area contributed by atoms with Crippen LogP contribution >= 0.6 is 22.9 Å². The molecular weight excluding hydrogens is 252 g/mol. The minimum atomic E-state index is 0.412. The van der Waals surface area contributed by atoms with Crippen LogP contribution in [0.15, 0.2) is 29.0 Å². The van der Waals surface area contributed by atoms with Crippen LogP contribution in [0.25, 0.3) is 0 Å². The van der Waals surface area contributed by atoms with E-state index in [-0.39, 0.29) is 0 Å². The standard InChI is InChI=1S/C13H11ClN2S/c1-9-3-2-4-11(13(9)14)16-12-8-17-7-10(12)5-6-15/h2-4,7-8,16H,5H2,1H3. The maximum atomic E-state index is 8.73. The van der Waals surface area contributed by atoms with Crippen molar-refractivity contribution in [3.63, 3.8) is 0 Å². The third-order valence-corrected chi connectivity index (χ3v) is 3.77. The summed E-state index contributed by atoms with van der Waals surface area (Å²) in [4.78, 5) is 0. The Hall–Kier alpha value is -1.50. The van der Waals surface area contributed by atoms with Crippen molar-refractivity contribution >= 4 is 34.3 Å². The van der Waals surface area contributed by atoms with E-state index in [1.165, 1.54) is 0 Å². The molecule has 0 aliphatic rings. The monoisotopic (exact) mass is 262 g/mol. The highest BCUT2D eigenvalue weighted by molar-refractivity contribution is 7.08. The Labute approximate surface area is 109 Å². The van der Waals surface area contributed by atoms with Gasteiger partial charge in [-0.15, -0.1) is 11.3 Å². The summed E-state index contributed by atoms with van der Waals surface area (Å²) in [6.07, 6.45) is 0.412. The maximum absolute atomic E-state index is 8.73. The molecule has 4 heteroatoms. The van der Waals surface area contributed by atoms with Gasteiger partial charge in [-0.2, -0.15) is 5.26 Å². The zero-order chi connectivity index (χ0) is 12.3. The van der Waals surface area contributed by atoms with Crippen LogP contribution in [0.4, 0.5) is 11.4 Å². The van der Waals surface area contributed by atoms with Crippen molar-refractivity contribution in [2.24, 2.45) is 0 Å². The van der Waals surface area contributed by atoms with Crippen molar-refractivity contribution < 1.29 is 0 Å². The molecule has 0 saturated heterocycles. The van der Waals surface area contributed by atoms with E-state index in [1.54, 1.807) is 11.3 Å². The number of rotatable bonds is 3. The van der Waals surface area contributed by atoms with E-state index in [4.69, 9.17) is 16.9 Å². The van der Waals surface area contributed by atoms with Crippen LogP contribution in [-0.2, 0) is 6.42 Å². The summed E-state index contributed by atoms with van der Waals surface area (Å²) in [5.41, 5.74) is 3.89. The number of hydrogen-bond acceptors (Lipinski definition) is 3. The molecule has 1 aromatic heterocycles. The zero-order valence-electron chi connectivity index (χ0n) is 9.33. The molecule has 0 aliphatic carbocycles. The maximum Gasteiger partial charge on any atom is 0.0670 e. The first-order valence-electron chi connectivity index (χ1n) is 5.16. The summed E-state index contributed by atoms with van der Waals surface area (Å²) in [5, 5.41) is 16.7. The van der Waals surface area contributed by atoms with Crippen molar-refractivity contribution in [3.8, 4) is 6.07 Å². The van der Waals surface area contributed by atoms with Gasteiger partial charge in [0.05, 0.1) is 28.9 Å². The van der Waals surface area contributed by atoms with Gasteiger partial charge in [-0.3, -0.25) is 0 Å². The molecule has 0 bridgehead atoms. The number of nitrogens with zero attached hydrogens (tertiary/aromatic N) is 1. The number of halogens is 1. The second-order valence-corrected chi connectivity index (χ2v) is 4.83. The smallest absolute Gasteiger partial charge is 0.0670 e. The van der Waals surface area contributed by atoms with Gasteiger partial charge in [-0.1, -0.05) is 23.7 Å². The molecule has 2 rings (SSSR count). The summed E-state index contributed by atoms with van der Waals surface area (Å²) < 4.78 is 0. The molecule has 0 atom stereocenters. The Balaban J connectivity index is 2.29. The van der Waals surface area contributed by atoms with Crippen LogP contribution in [0, 0.1) is 18.3 Å². The van der Waals surface area contributed by atoms with Crippen LogP contribution in [0.3, 0.4) is 0 Å². The largest absolute Gasteiger partial charge is 0.353 e. The quantitative estimate of drug-likeness (QED) is 0.883. The number of hydrogen-bond donors (Lipinski definition) is 1. The Morgan fingerprint density at radius 1 is 1.35 bits per heavy atom. The van der Waals surface area contributed by atoms with Crippen LogP contribution in [0.5, 0.6) is 0 Å². The predicted molar refractivity (Wildman–Crippen MR) is 73.1 cm³/mol. The Morgan fingerprint density at radius 3 is 2.94 bits per heavy atom. The summed E-state index contributed by atoms with van der Waals surface area (Å²) >= 11 is 7.79. The molecule has 0 unspecified atom stereocenters. The molecular formula is C13H11ClN2S. The van der Waals surface area contributed by atoms with Gasteiger partial charge in [0.15, 0.2) is 0 Å². The van der Waals surface area contributed by atoms with Crippen molar-refractivity contribution in [2.75, 3.05) is 5.32 Å². The fraction of sp³-hybridized carbons (Fsp3) is 0.154. The van der Waals surface area contributed by atoms with Gasteiger partial charge >= 0.3 is 0 Å². The lowest BCUT2D eigenvalue weighted by molar-refractivity contribution is 1.28. The van der Waals surface area contributed by atoms with Crippen molar-refractivity contribution in [1.29, 1.82) is 5.26 Å². The second kappa shape index (κ2) is 5.22. The van der Waals surface area contributed by atoms with Gasteiger partial charge in [0.1, 0.15) is 0 Å². The van der Waals surface area contributed by atoms with Gasteiger partial charge in [-0.25, -0.2) is 0 Å². The van der Waals surface area contributed by atoms with E-state index < -0.39 is 0 Å². The van der Waals surface area contributed by atoms with Crippen molar-refractivity contribution in [1.82, 2.24) is 0 Å².